The van der Waals surface area contributed by atoms with E-state index < -0.39 is 0 Å². The van der Waals surface area contributed by atoms with Gasteiger partial charge in [0.15, 0.2) is 5.82 Å². The van der Waals surface area contributed by atoms with Crippen molar-refractivity contribution in [2.45, 2.75) is 0 Å². The second-order valence-electron chi connectivity index (χ2n) is 13.6. The molecule has 2 aromatic heterocycles. The van der Waals surface area contributed by atoms with Crippen molar-refractivity contribution in [3.8, 4) is 67.3 Å². The first kappa shape index (κ1) is 31.5. The maximum Gasteiger partial charge on any atom is 0.161 e. The molecule has 54 heavy (non-hydrogen) atoms. The smallest absolute Gasteiger partial charge is 0.161 e. The molecule has 252 valence electrons. The van der Waals surface area contributed by atoms with E-state index in [4.69, 9.17) is 9.97 Å². The van der Waals surface area contributed by atoms with Gasteiger partial charge in [-0.1, -0.05) is 164 Å². The Balaban J connectivity index is 1.19. The average Bonchev–Trinajstić information content (AvgIpc) is 3.26. The molecule has 0 aliphatic heterocycles. The van der Waals surface area contributed by atoms with Crippen molar-refractivity contribution in [1.82, 2.24) is 15.0 Å². The summed E-state index contributed by atoms with van der Waals surface area (Å²) >= 11 is 0. The molecule has 0 saturated carbocycles. The van der Waals surface area contributed by atoms with E-state index >= 15 is 0 Å². The predicted molar refractivity (Wildman–Crippen MR) is 225 cm³/mol. The molecule has 0 amide bonds. The Morgan fingerprint density at radius 3 is 1.54 bits per heavy atom. The number of pyridine rings is 1. The van der Waals surface area contributed by atoms with Gasteiger partial charge in [-0.05, 0) is 84.4 Å². The molecule has 0 aliphatic rings. The molecule has 0 fully saturated rings. The topological polar surface area (TPSA) is 38.7 Å². The van der Waals surface area contributed by atoms with Crippen LogP contribution in [0.5, 0.6) is 0 Å². The van der Waals surface area contributed by atoms with Crippen molar-refractivity contribution in [3.05, 3.63) is 200 Å². The van der Waals surface area contributed by atoms with Gasteiger partial charge in [-0.2, -0.15) is 0 Å². The Hall–Kier alpha value is -7.23. The number of fused-ring (bicyclic) bond motifs is 3. The zero-order chi connectivity index (χ0) is 35.8. The summed E-state index contributed by atoms with van der Waals surface area (Å²) in [6, 6.07) is 66.6. The maximum absolute atomic E-state index is 5.40. The highest BCUT2D eigenvalue weighted by atomic mass is 14.9. The monoisotopic (exact) mass is 687 g/mol. The third-order valence-corrected chi connectivity index (χ3v) is 10.4. The molecule has 2 heterocycles. The molecule has 0 saturated heterocycles. The summed E-state index contributed by atoms with van der Waals surface area (Å²) in [5, 5.41) is 7.05. The Labute approximate surface area is 313 Å². The van der Waals surface area contributed by atoms with Gasteiger partial charge >= 0.3 is 0 Å². The van der Waals surface area contributed by atoms with Crippen LogP contribution in [0.15, 0.2) is 200 Å². The lowest BCUT2D eigenvalue weighted by atomic mass is 9.88. The minimum Gasteiger partial charge on any atom is -0.264 e. The zero-order valence-corrected chi connectivity index (χ0v) is 29.4. The second-order valence-corrected chi connectivity index (χ2v) is 13.6. The van der Waals surface area contributed by atoms with E-state index in [9.17, 15) is 0 Å². The SMILES string of the molecule is c1ccc(-c2c3ccccc3c(-c3nc(-c4ccc(-c5ccc6ccccc6c5)cc4)cc(-c4cccc(-c5cccnc5)c4)n3)c3ccccc23)cc1. The quantitative estimate of drug-likeness (QED) is 0.163. The number of aromatic nitrogens is 3. The molecular formula is C51H33N3. The third kappa shape index (κ3) is 5.69. The Kier molecular flexibility index (Phi) is 7.81. The Morgan fingerprint density at radius 1 is 0.296 bits per heavy atom. The lowest BCUT2D eigenvalue weighted by molar-refractivity contribution is 1.19. The van der Waals surface area contributed by atoms with Gasteiger partial charge in [0.1, 0.15) is 0 Å². The first-order valence-corrected chi connectivity index (χ1v) is 18.3. The van der Waals surface area contributed by atoms with Crippen LogP contribution in [0.25, 0.3) is 99.6 Å². The van der Waals surface area contributed by atoms with Gasteiger partial charge in [-0.15, -0.1) is 0 Å². The lowest BCUT2D eigenvalue weighted by Crippen LogP contribution is -1.98. The summed E-state index contributed by atoms with van der Waals surface area (Å²) < 4.78 is 0. The number of rotatable bonds is 6. The van der Waals surface area contributed by atoms with Crippen LogP contribution < -0.4 is 0 Å². The highest BCUT2D eigenvalue weighted by Crippen LogP contribution is 2.43. The number of nitrogens with zero attached hydrogens (tertiary/aromatic N) is 3. The van der Waals surface area contributed by atoms with Crippen LogP contribution in [0.4, 0.5) is 0 Å². The van der Waals surface area contributed by atoms with E-state index in [-0.39, 0.29) is 0 Å². The predicted octanol–water partition coefficient (Wildman–Crippen LogP) is 13.3. The van der Waals surface area contributed by atoms with Gasteiger partial charge in [0.05, 0.1) is 11.4 Å². The average molecular weight is 688 g/mol. The molecule has 10 aromatic rings. The number of benzene rings is 8. The standard InChI is InChI=1S/C51H33N3/c1-2-13-37(14-3-1)49-43-19-6-8-21-45(43)50(46-22-9-7-20-44(46)49)51-53-47(32-48(54-51)41-17-10-16-39(31-41)42-18-11-29-52-33-42)36-26-23-35(24-27-36)40-28-25-34-12-4-5-15-38(34)30-40/h1-33H. The molecule has 0 bridgehead atoms. The van der Waals surface area contributed by atoms with E-state index in [0.29, 0.717) is 5.82 Å². The van der Waals surface area contributed by atoms with Crippen molar-refractivity contribution in [1.29, 1.82) is 0 Å². The van der Waals surface area contributed by atoms with Gasteiger partial charge in [0.25, 0.3) is 0 Å². The van der Waals surface area contributed by atoms with Crippen LogP contribution in [-0.4, -0.2) is 15.0 Å². The first-order valence-electron chi connectivity index (χ1n) is 18.3. The fourth-order valence-electron chi connectivity index (χ4n) is 7.73. The van der Waals surface area contributed by atoms with Crippen molar-refractivity contribution >= 4 is 32.3 Å². The molecule has 0 atom stereocenters. The maximum atomic E-state index is 5.40. The molecule has 10 rings (SSSR count). The van der Waals surface area contributed by atoms with Crippen LogP contribution in [0.1, 0.15) is 0 Å². The molecule has 0 N–H and O–H groups in total. The van der Waals surface area contributed by atoms with Gasteiger partial charge in [-0.25, -0.2) is 9.97 Å². The second kappa shape index (κ2) is 13.4. The van der Waals surface area contributed by atoms with Crippen molar-refractivity contribution in [2.24, 2.45) is 0 Å². The molecule has 0 radical (unpaired) electrons. The lowest BCUT2D eigenvalue weighted by Gasteiger charge is -2.18. The molecule has 8 aromatic carbocycles. The molecule has 0 unspecified atom stereocenters. The van der Waals surface area contributed by atoms with E-state index in [0.717, 1.165) is 55.5 Å². The minimum absolute atomic E-state index is 0.694. The molecular weight excluding hydrogens is 655 g/mol. The summed E-state index contributed by atoms with van der Waals surface area (Å²) in [6.07, 6.45) is 3.71. The molecule has 0 aliphatic carbocycles. The van der Waals surface area contributed by atoms with Crippen molar-refractivity contribution < 1.29 is 0 Å². The highest BCUT2D eigenvalue weighted by Gasteiger charge is 2.20. The third-order valence-electron chi connectivity index (χ3n) is 10.4. The molecule has 3 nitrogen and oxygen atoms in total. The molecule has 3 heteroatoms. The number of hydrogen-bond acceptors (Lipinski definition) is 3. The van der Waals surface area contributed by atoms with Gasteiger partial charge in [0.2, 0.25) is 0 Å². The molecule has 0 spiro atoms. The van der Waals surface area contributed by atoms with Gasteiger partial charge < -0.3 is 0 Å². The zero-order valence-electron chi connectivity index (χ0n) is 29.4. The fourth-order valence-corrected chi connectivity index (χ4v) is 7.73. The normalized spacial score (nSPS) is 11.3. The summed E-state index contributed by atoms with van der Waals surface area (Å²) in [4.78, 5) is 15.2. The fraction of sp³-hybridized carbons (Fsp3) is 0. The van der Waals surface area contributed by atoms with Crippen LogP contribution >= 0.6 is 0 Å². The number of hydrogen-bond donors (Lipinski definition) is 0. The van der Waals surface area contributed by atoms with Gasteiger partial charge in [0, 0.05) is 34.6 Å². The summed E-state index contributed by atoms with van der Waals surface area (Å²) in [7, 11) is 0. The van der Waals surface area contributed by atoms with Crippen LogP contribution in [0.2, 0.25) is 0 Å². The highest BCUT2D eigenvalue weighted by molar-refractivity contribution is 6.20. The first-order chi connectivity index (χ1) is 26.8. The summed E-state index contributed by atoms with van der Waals surface area (Å²) in [5.41, 5.74) is 11.7. The van der Waals surface area contributed by atoms with Crippen molar-refractivity contribution in [3.63, 3.8) is 0 Å². The van der Waals surface area contributed by atoms with Crippen LogP contribution in [0.3, 0.4) is 0 Å². The minimum atomic E-state index is 0.694. The Bertz CT molecular complexity index is 2910. The van der Waals surface area contributed by atoms with Crippen molar-refractivity contribution in [2.75, 3.05) is 0 Å². The van der Waals surface area contributed by atoms with Crippen LogP contribution in [0, 0.1) is 0 Å². The Morgan fingerprint density at radius 2 is 0.833 bits per heavy atom. The van der Waals surface area contributed by atoms with Crippen LogP contribution in [-0.2, 0) is 0 Å². The van der Waals surface area contributed by atoms with E-state index in [1.165, 1.54) is 38.2 Å². The largest absolute Gasteiger partial charge is 0.264 e. The summed E-state index contributed by atoms with van der Waals surface area (Å²) in [5.74, 6) is 0.694. The van der Waals surface area contributed by atoms with Gasteiger partial charge in [-0.3, -0.25) is 4.98 Å². The summed E-state index contributed by atoms with van der Waals surface area (Å²) in [6.45, 7) is 0. The van der Waals surface area contributed by atoms with E-state index in [1.807, 2.05) is 12.3 Å². The van der Waals surface area contributed by atoms with E-state index in [1.54, 1.807) is 6.20 Å². The van der Waals surface area contributed by atoms with E-state index in [2.05, 4.69) is 187 Å².